The molecule has 5 aliphatic rings. The number of hydrogen-bond donors (Lipinski definition) is 1. The zero-order valence-electron chi connectivity index (χ0n) is 28.1. The molecule has 0 bridgehead atoms. The number of nitrogens with one attached hydrogen (secondary N) is 1. The lowest BCUT2D eigenvalue weighted by Crippen LogP contribution is -2.46. The van der Waals surface area contributed by atoms with Crippen LogP contribution in [0.3, 0.4) is 0 Å². The molecule has 9 heterocycles. The minimum atomic E-state index is 0.203. The van der Waals surface area contributed by atoms with Crippen molar-refractivity contribution in [3.8, 4) is 0 Å². The Morgan fingerprint density at radius 1 is 0.667 bits per heavy atom. The summed E-state index contributed by atoms with van der Waals surface area (Å²) in [4.78, 5) is 16.0. The molecule has 4 aromatic rings. The van der Waals surface area contributed by atoms with Crippen LogP contribution in [0, 0.1) is 0 Å². The zero-order valence-corrected chi connectivity index (χ0v) is 30.6. The Morgan fingerprint density at radius 3 is 1.62 bits per heavy atom. The van der Waals surface area contributed by atoms with E-state index in [1.807, 2.05) is 46.5 Å². The van der Waals surface area contributed by atoms with Crippen LogP contribution in [-0.2, 0) is 40.0 Å². The monoisotopic (exact) mass is 710 g/mol. The number of rotatable bonds is 6. The minimum Gasteiger partial charge on any atom is -0.372 e. The molecule has 0 saturated carbocycles. The third kappa shape index (κ3) is 9.03. The molecule has 9 rings (SSSR count). The van der Waals surface area contributed by atoms with Crippen molar-refractivity contribution < 1.29 is 14.2 Å². The highest BCUT2D eigenvalue weighted by Gasteiger charge is 2.27. The van der Waals surface area contributed by atoms with Gasteiger partial charge in [-0.15, -0.1) is 34.0 Å². The number of ether oxygens (including phenoxy) is 3. The fraction of sp³-hybridized carbons (Fsp3) is 0.583. The molecule has 48 heavy (non-hydrogen) atoms. The molecule has 0 radical (unpaired) electrons. The average molecular weight is 711 g/mol. The van der Waals surface area contributed by atoms with Gasteiger partial charge in [0.15, 0.2) is 0 Å². The lowest BCUT2D eigenvalue weighted by atomic mass is 10.1. The molecule has 0 spiro atoms. The summed E-state index contributed by atoms with van der Waals surface area (Å²) in [5, 5.41) is 9.94. The number of thiophene rings is 3. The van der Waals surface area contributed by atoms with Gasteiger partial charge in [0.1, 0.15) is 6.10 Å². The molecule has 2 saturated heterocycles. The first kappa shape index (κ1) is 34.5. The standard InChI is InChI=1S/C13H20N2OS.C12H18N2OS.C11H12N2OS/c1-14-4-6-15(7-5-14)10-12-11-3-9-17-13(11)2-8-16-12;1-7-15-11(10-2-8-16-12(1)10)9-14-5-3-13-4-6-14;1-5-14-10(7-13-4-3-12-8-13)9-2-6-15-11(1)9/h3,9,12H,2,4-8,10H2,1H3;2,8,11,13H,1,3-7,9H2;2-4,6,8,10H,1,5,7H2. The van der Waals surface area contributed by atoms with Crippen LogP contribution in [0.15, 0.2) is 53.1 Å². The summed E-state index contributed by atoms with van der Waals surface area (Å²) in [7, 11) is 2.20. The molecule has 0 amide bonds. The summed E-state index contributed by atoms with van der Waals surface area (Å²) in [6, 6.07) is 6.67. The first-order valence-electron chi connectivity index (χ1n) is 17.5. The predicted octanol–water partition coefficient (Wildman–Crippen LogP) is 5.14. The number of fused-ring (bicyclic) bond motifs is 3. The molecule has 3 atom stereocenters. The van der Waals surface area contributed by atoms with Crippen LogP contribution in [0.25, 0.3) is 0 Å². The van der Waals surface area contributed by atoms with E-state index in [0.717, 1.165) is 84.9 Å². The number of likely N-dealkylation sites (N-methyl/N-ethyl adjacent to an activating group) is 1. The van der Waals surface area contributed by atoms with Gasteiger partial charge in [0.2, 0.25) is 0 Å². The fourth-order valence-corrected chi connectivity index (χ4v) is 9.85. The van der Waals surface area contributed by atoms with E-state index in [2.05, 4.69) is 71.0 Å². The Morgan fingerprint density at radius 2 is 1.15 bits per heavy atom. The van der Waals surface area contributed by atoms with Gasteiger partial charge in [-0.25, -0.2) is 4.98 Å². The van der Waals surface area contributed by atoms with E-state index in [1.165, 1.54) is 57.5 Å². The lowest BCUT2D eigenvalue weighted by Gasteiger charge is -2.35. The van der Waals surface area contributed by atoms with Gasteiger partial charge in [-0.2, -0.15) is 0 Å². The SMILES string of the molecule is CN1CCN(CC2OCCc3sccc32)CC1.c1cc2c(s1)CCOC2CN1CCNCC1.c1cn(CC2OCCc3sccc32)cn1. The summed E-state index contributed by atoms with van der Waals surface area (Å²) < 4.78 is 19.7. The second kappa shape index (κ2) is 17.3. The van der Waals surface area contributed by atoms with Gasteiger partial charge in [0.25, 0.3) is 0 Å². The molecule has 5 aliphatic heterocycles. The highest BCUT2D eigenvalue weighted by atomic mass is 32.1. The van der Waals surface area contributed by atoms with Crippen molar-refractivity contribution in [1.82, 2.24) is 29.6 Å². The second-order valence-corrected chi connectivity index (χ2v) is 16.1. The molecule has 260 valence electrons. The van der Waals surface area contributed by atoms with Crippen molar-refractivity contribution >= 4 is 34.0 Å². The second-order valence-electron chi connectivity index (χ2n) is 13.1. The summed E-state index contributed by atoms with van der Waals surface area (Å²) in [6.45, 7) is 14.9. The van der Waals surface area contributed by atoms with Gasteiger partial charge >= 0.3 is 0 Å². The van der Waals surface area contributed by atoms with Crippen LogP contribution in [0.2, 0.25) is 0 Å². The van der Waals surface area contributed by atoms with Gasteiger partial charge in [0.05, 0.1) is 44.9 Å². The van der Waals surface area contributed by atoms with Crippen molar-refractivity contribution in [1.29, 1.82) is 0 Å². The quantitative estimate of drug-likeness (QED) is 0.296. The number of piperazine rings is 2. The summed E-state index contributed by atoms with van der Waals surface area (Å²) >= 11 is 5.60. The van der Waals surface area contributed by atoms with Gasteiger partial charge in [0, 0.05) is 112 Å². The first-order chi connectivity index (χ1) is 23.7. The number of nitrogens with zero attached hydrogens (tertiary/aromatic N) is 5. The lowest BCUT2D eigenvalue weighted by molar-refractivity contribution is 0.00754. The molecular weight excluding hydrogens is 661 g/mol. The molecule has 4 aromatic heterocycles. The van der Waals surface area contributed by atoms with E-state index in [0.29, 0.717) is 12.2 Å². The van der Waals surface area contributed by atoms with Gasteiger partial charge in [-0.1, -0.05) is 0 Å². The van der Waals surface area contributed by atoms with Crippen LogP contribution in [0.4, 0.5) is 0 Å². The third-order valence-electron chi connectivity index (χ3n) is 9.91. The largest absolute Gasteiger partial charge is 0.372 e. The fourth-order valence-electron chi connectivity index (χ4n) is 7.11. The molecule has 0 aromatic carbocycles. The van der Waals surface area contributed by atoms with Gasteiger partial charge in [-0.3, -0.25) is 9.80 Å². The molecule has 9 nitrogen and oxygen atoms in total. The first-order valence-corrected chi connectivity index (χ1v) is 20.2. The maximum atomic E-state index is 5.94. The van der Waals surface area contributed by atoms with Crippen LogP contribution >= 0.6 is 34.0 Å². The Labute approximate surface area is 297 Å². The van der Waals surface area contributed by atoms with Crippen LogP contribution in [-0.4, -0.2) is 117 Å². The van der Waals surface area contributed by atoms with E-state index >= 15 is 0 Å². The molecule has 2 fully saturated rings. The molecule has 0 aliphatic carbocycles. The number of aromatic nitrogens is 2. The van der Waals surface area contributed by atoms with E-state index in [1.54, 1.807) is 6.20 Å². The smallest absolute Gasteiger partial charge is 0.101 e. The highest BCUT2D eigenvalue weighted by molar-refractivity contribution is 7.10. The van der Waals surface area contributed by atoms with E-state index in [4.69, 9.17) is 14.2 Å². The Balaban J connectivity index is 0.000000114. The molecular formula is C36H50N6O3S3. The van der Waals surface area contributed by atoms with Crippen molar-refractivity contribution in [2.24, 2.45) is 0 Å². The Kier molecular flexibility index (Phi) is 12.4. The van der Waals surface area contributed by atoms with Crippen LogP contribution in [0.5, 0.6) is 0 Å². The van der Waals surface area contributed by atoms with Crippen molar-refractivity contribution in [3.05, 3.63) is 84.4 Å². The van der Waals surface area contributed by atoms with Gasteiger partial charge < -0.3 is 29.0 Å². The van der Waals surface area contributed by atoms with Crippen LogP contribution in [0.1, 0.15) is 49.6 Å². The summed E-state index contributed by atoms with van der Waals surface area (Å²) in [6.07, 6.45) is 9.71. The number of hydrogen-bond acceptors (Lipinski definition) is 11. The zero-order chi connectivity index (χ0) is 32.5. The average Bonchev–Trinajstić information content (AvgIpc) is 3.95. The number of imidazole rings is 1. The van der Waals surface area contributed by atoms with E-state index < -0.39 is 0 Å². The third-order valence-corrected chi connectivity index (χ3v) is 12.9. The van der Waals surface area contributed by atoms with E-state index in [9.17, 15) is 0 Å². The van der Waals surface area contributed by atoms with Crippen LogP contribution < -0.4 is 5.32 Å². The Bertz CT molecular complexity index is 1510. The predicted molar refractivity (Wildman–Crippen MR) is 196 cm³/mol. The Hall–Kier alpha value is -1.97. The molecule has 3 unspecified atom stereocenters. The van der Waals surface area contributed by atoms with Crippen molar-refractivity contribution in [2.75, 3.05) is 92.3 Å². The highest BCUT2D eigenvalue weighted by Crippen LogP contribution is 2.34. The molecule has 1 N–H and O–H groups in total. The van der Waals surface area contributed by atoms with Gasteiger partial charge in [-0.05, 0) is 58.1 Å². The normalized spacial score (nSPS) is 24.7. The van der Waals surface area contributed by atoms with E-state index in [-0.39, 0.29) is 6.10 Å². The molecule has 12 heteroatoms. The summed E-state index contributed by atoms with van der Waals surface area (Å²) in [5.74, 6) is 0. The topological polar surface area (TPSA) is 67.3 Å². The summed E-state index contributed by atoms with van der Waals surface area (Å²) in [5.41, 5.74) is 4.25. The van der Waals surface area contributed by atoms with Crippen molar-refractivity contribution in [3.63, 3.8) is 0 Å². The maximum Gasteiger partial charge on any atom is 0.101 e. The van der Waals surface area contributed by atoms with Crippen molar-refractivity contribution in [2.45, 2.75) is 44.1 Å². The minimum absolute atomic E-state index is 0.203. The maximum absolute atomic E-state index is 5.94.